The Bertz CT molecular complexity index is 651. The van der Waals surface area contributed by atoms with Crippen molar-refractivity contribution in [3.8, 4) is 0 Å². The zero-order valence-corrected chi connectivity index (χ0v) is 12.8. The van der Waals surface area contributed by atoms with Gasteiger partial charge < -0.3 is 15.3 Å². The molecule has 1 unspecified atom stereocenters. The predicted molar refractivity (Wildman–Crippen MR) is 77.4 cm³/mol. The van der Waals surface area contributed by atoms with Crippen LogP contribution in [0.3, 0.4) is 0 Å². The van der Waals surface area contributed by atoms with Crippen LogP contribution in [0, 0.1) is 5.41 Å². The molecular formula is C14H14ClF3N2O3. The number of halogens is 4. The van der Waals surface area contributed by atoms with E-state index in [-0.39, 0.29) is 30.2 Å². The third kappa shape index (κ3) is 3.69. The molecule has 1 aromatic carbocycles. The largest absolute Gasteiger partial charge is 0.481 e. The first kappa shape index (κ1) is 17.4. The second kappa shape index (κ2) is 5.92. The molecule has 0 spiro atoms. The molecule has 0 bridgehead atoms. The Kier molecular flexibility index (Phi) is 4.48. The molecule has 23 heavy (non-hydrogen) atoms. The number of carboxylic acid groups (broad SMARTS) is 1. The second-order valence-corrected chi connectivity index (χ2v) is 6.07. The van der Waals surface area contributed by atoms with E-state index < -0.39 is 29.2 Å². The van der Waals surface area contributed by atoms with Gasteiger partial charge in [-0.3, -0.25) is 4.79 Å². The van der Waals surface area contributed by atoms with Gasteiger partial charge in [-0.05, 0) is 31.5 Å². The number of hydrogen-bond acceptors (Lipinski definition) is 2. The number of carbonyl (C=O) groups excluding carboxylic acids is 1. The third-order valence-electron chi connectivity index (χ3n) is 3.81. The van der Waals surface area contributed by atoms with Gasteiger partial charge in [-0.2, -0.15) is 13.2 Å². The number of hydrogen-bond donors (Lipinski definition) is 2. The van der Waals surface area contributed by atoms with E-state index >= 15 is 0 Å². The van der Waals surface area contributed by atoms with Crippen molar-refractivity contribution in [3.05, 3.63) is 28.8 Å². The SMILES string of the molecule is CC1(C(=O)O)CCN(C(=O)Nc2cc(C(F)(F)F)ccc2Cl)C1. The van der Waals surface area contributed by atoms with Gasteiger partial charge in [0.15, 0.2) is 0 Å². The first-order chi connectivity index (χ1) is 10.5. The predicted octanol–water partition coefficient (Wildman–Crippen LogP) is 3.69. The van der Waals surface area contributed by atoms with E-state index in [0.717, 1.165) is 18.2 Å². The molecule has 2 amide bonds. The fraction of sp³-hybridized carbons (Fsp3) is 0.429. The van der Waals surface area contributed by atoms with E-state index in [2.05, 4.69) is 5.32 Å². The second-order valence-electron chi connectivity index (χ2n) is 5.66. The van der Waals surface area contributed by atoms with Crippen molar-refractivity contribution >= 4 is 29.3 Å². The highest BCUT2D eigenvalue weighted by atomic mass is 35.5. The highest BCUT2D eigenvalue weighted by Crippen LogP contribution is 2.35. The summed E-state index contributed by atoms with van der Waals surface area (Å²) in [6.45, 7) is 1.69. The Hall–Kier alpha value is -1.96. The number of rotatable bonds is 2. The number of carboxylic acids is 1. The topological polar surface area (TPSA) is 69.6 Å². The maximum absolute atomic E-state index is 12.7. The molecule has 1 aromatic rings. The summed E-state index contributed by atoms with van der Waals surface area (Å²) < 4.78 is 38.1. The number of amides is 2. The molecular weight excluding hydrogens is 337 g/mol. The Morgan fingerprint density at radius 2 is 2.04 bits per heavy atom. The first-order valence-corrected chi connectivity index (χ1v) is 7.07. The zero-order valence-electron chi connectivity index (χ0n) is 12.1. The van der Waals surface area contributed by atoms with Crippen LogP contribution in [0.2, 0.25) is 5.02 Å². The van der Waals surface area contributed by atoms with Gasteiger partial charge in [0.25, 0.3) is 0 Å². The van der Waals surface area contributed by atoms with E-state index in [9.17, 15) is 22.8 Å². The van der Waals surface area contributed by atoms with E-state index in [0.29, 0.717) is 0 Å². The lowest BCUT2D eigenvalue weighted by molar-refractivity contribution is -0.147. The summed E-state index contributed by atoms with van der Waals surface area (Å²) in [5.41, 5.74) is -2.17. The molecule has 2 rings (SSSR count). The number of nitrogens with zero attached hydrogens (tertiary/aromatic N) is 1. The van der Waals surface area contributed by atoms with Crippen LogP contribution in [0.1, 0.15) is 18.9 Å². The van der Waals surface area contributed by atoms with Gasteiger partial charge in [-0.1, -0.05) is 11.6 Å². The van der Waals surface area contributed by atoms with Gasteiger partial charge in [0.05, 0.1) is 21.7 Å². The quantitative estimate of drug-likeness (QED) is 0.854. The van der Waals surface area contributed by atoms with Gasteiger partial charge >= 0.3 is 18.2 Å². The summed E-state index contributed by atoms with van der Waals surface area (Å²) >= 11 is 5.81. The Morgan fingerprint density at radius 3 is 2.57 bits per heavy atom. The van der Waals surface area contributed by atoms with Crippen molar-refractivity contribution in [1.29, 1.82) is 0 Å². The van der Waals surface area contributed by atoms with Crippen LogP contribution in [0.15, 0.2) is 18.2 Å². The molecule has 0 aromatic heterocycles. The molecule has 1 aliphatic rings. The molecule has 1 saturated heterocycles. The molecule has 1 fully saturated rings. The molecule has 0 aliphatic carbocycles. The lowest BCUT2D eigenvalue weighted by Crippen LogP contribution is -2.37. The smallest absolute Gasteiger partial charge is 0.416 e. The normalized spacial score (nSPS) is 21.3. The van der Waals surface area contributed by atoms with Gasteiger partial charge in [0.1, 0.15) is 0 Å². The minimum Gasteiger partial charge on any atom is -0.481 e. The van der Waals surface area contributed by atoms with Crippen molar-refractivity contribution in [2.75, 3.05) is 18.4 Å². The highest BCUT2D eigenvalue weighted by molar-refractivity contribution is 6.33. The number of nitrogens with one attached hydrogen (secondary N) is 1. The van der Waals surface area contributed by atoms with Gasteiger partial charge in [-0.15, -0.1) is 0 Å². The summed E-state index contributed by atoms with van der Waals surface area (Å²) in [5.74, 6) is -1.02. The number of alkyl halides is 3. The molecule has 1 aliphatic heterocycles. The highest BCUT2D eigenvalue weighted by Gasteiger charge is 2.42. The molecule has 0 saturated carbocycles. The van der Waals surface area contributed by atoms with Crippen molar-refractivity contribution in [2.45, 2.75) is 19.5 Å². The minimum atomic E-state index is -4.56. The Balaban J connectivity index is 2.14. The molecule has 126 valence electrons. The minimum absolute atomic E-state index is 0.0231. The average molecular weight is 351 g/mol. The van der Waals surface area contributed by atoms with Gasteiger partial charge in [-0.25, -0.2) is 4.79 Å². The fourth-order valence-corrected chi connectivity index (χ4v) is 2.47. The summed E-state index contributed by atoms with van der Waals surface area (Å²) in [6, 6.07) is 1.92. The van der Waals surface area contributed by atoms with Crippen LogP contribution >= 0.6 is 11.6 Å². The summed E-state index contributed by atoms with van der Waals surface area (Å²) in [4.78, 5) is 24.5. The van der Waals surface area contributed by atoms with E-state index in [1.54, 1.807) is 0 Å². The van der Waals surface area contributed by atoms with Crippen molar-refractivity contribution in [3.63, 3.8) is 0 Å². The van der Waals surface area contributed by atoms with Crippen LogP contribution in [0.25, 0.3) is 0 Å². The Labute approximate surface area is 135 Å². The van der Waals surface area contributed by atoms with E-state index in [1.807, 2.05) is 0 Å². The molecule has 5 nitrogen and oxygen atoms in total. The van der Waals surface area contributed by atoms with E-state index in [4.69, 9.17) is 16.7 Å². The van der Waals surface area contributed by atoms with Crippen LogP contribution < -0.4 is 5.32 Å². The van der Waals surface area contributed by atoms with Gasteiger partial charge in [0.2, 0.25) is 0 Å². The molecule has 1 heterocycles. The third-order valence-corrected chi connectivity index (χ3v) is 4.14. The number of benzene rings is 1. The van der Waals surface area contributed by atoms with Crippen molar-refractivity contribution in [1.82, 2.24) is 4.90 Å². The number of urea groups is 1. The molecule has 9 heteroatoms. The van der Waals surface area contributed by atoms with Crippen molar-refractivity contribution in [2.24, 2.45) is 5.41 Å². The first-order valence-electron chi connectivity index (χ1n) is 6.69. The molecule has 2 N–H and O–H groups in total. The lowest BCUT2D eigenvalue weighted by Gasteiger charge is -2.21. The Morgan fingerprint density at radius 1 is 1.39 bits per heavy atom. The lowest BCUT2D eigenvalue weighted by atomic mass is 9.90. The average Bonchev–Trinajstić information content (AvgIpc) is 2.84. The number of carbonyl (C=O) groups is 2. The van der Waals surface area contributed by atoms with Gasteiger partial charge in [0, 0.05) is 13.1 Å². The van der Waals surface area contributed by atoms with Crippen LogP contribution in [-0.2, 0) is 11.0 Å². The molecule has 1 atom stereocenters. The van der Waals surface area contributed by atoms with E-state index in [1.165, 1.54) is 11.8 Å². The summed E-state index contributed by atoms with van der Waals surface area (Å²) in [5, 5.41) is 11.4. The van der Waals surface area contributed by atoms with Crippen LogP contribution in [-0.4, -0.2) is 35.1 Å². The number of anilines is 1. The summed E-state index contributed by atoms with van der Waals surface area (Å²) in [6.07, 6.45) is -4.29. The molecule has 0 radical (unpaired) electrons. The van der Waals surface area contributed by atoms with Crippen LogP contribution in [0.4, 0.5) is 23.7 Å². The number of aliphatic carboxylic acids is 1. The maximum atomic E-state index is 12.7. The monoisotopic (exact) mass is 350 g/mol. The maximum Gasteiger partial charge on any atom is 0.416 e. The zero-order chi connectivity index (χ0) is 17.4. The standard InChI is InChI=1S/C14H14ClF3N2O3/c1-13(11(21)22)4-5-20(7-13)12(23)19-10-6-8(14(16,17)18)2-3-9(10)15/h2-3,6H,4-5,7H2,1H3,(H,19,23)(H,21,22). The summed E-state index contributed by atoms with van der Waals surface area (Å²) in [7, 11) is 0. The van der Waals surface area contributed by atoms with Crippen molar-refractivity contribution < 1.29 is 27.9 Å². The number of likely N-dealkylation sites (tertiary alicyclic amines) is 1. The fourth-order valence-electron chi connectivity index (χ4n) is 2.30. The van der Waals surface area contributed by atoms with Crippen LogP contribution in [0.5, 0.6) is 0 Å².